The van der Waals surface area contributed by atoms with Crippen molar-refractivity contribution in [1.29, 1.82) is 0 Å². The van der Waals surface area contributed by atoms with Crippen molar-refractivity contribution < 1.29 is 37.7 Å². The zero-order chi connectivity index (χ0) is 42.3. The van der Waals surface area contributed by atoms with E-state index in [0.717, 1.165) is 30.5 Å². The van der Waals surface area contributed by atoms with Crippen LogP contribution in [-0.2, 0) is 32.8 Å². The molecule has 1 saturated heterocycles. The number of ether oxygens (including phenoxy) is 5. The Labute approximate surface area is 347 Å². The minimum Gasteiger partial charge on any atom is -0.491 e. The van der Waals surface area contributed by atoms with E-state index >= 15 is 0 Å². The predicted octanol–water partition coefficient (Wildman–Crippen LogP) is 8.34. The standard InChI is InChI=1S/C44H49ClFN5O8/c1-27-13-14-29(42(53)55-6)22-35(27)50-28(2)20-36(40(45)41(50)52)59-26-30-15-16-32(46)21-31(30)25-47-43(54)48-38-24-37(44(3,4)5)49-51(38)33-10-9-11-34(23-33)56-18-19-58-39-12-7-8-17-57-39/h9-11,13-16,20-24,39H,7-8,12,17-19,25-26H2,1-6H3,(H2,47,48,54). The molecule has 0 saturated carbocycles. The molecule has 0 spiro atoms. The Balaban J connectivity index is 1.13. The quantitative estimate of drug-likeness (QED) is 0.0834. The summed E-state index contributed by atoms with van der Waals surface area (Å²) in [7, 11) is 1.28. The second-order valence-corrected chi connectivity index (χ2v) is 15.6. The van der Waals surface area contributed by atoms with E-state index in [1.165, 1.54) is 23.8 Å². The molecule has 1 aliphatic heterocycles. The van der Waals surface area contributed by atoms with Crippen molar-refractivity contribution in [1.82, 2.24) is 19.7 Å². The van der Waals surface area contributed by atoms with Crippen molar-refractivity contribution in [3.63, 3.8) is 0 Å². The van der Waals surface area contributed by atoms with Crippen molar-refractivity contribution in [2.75, 3.05) is 32.2 Å². The summed E-state index contributed by atoms with van der Waals surface area (Å²) in [4.78, 5) is 39.2. The first kappa shape index (κ1) is 42.9. The minimum absolute atomic E-state index is 0.0516. The monoisotopic (exact) mass is 829 g/mol. The second-order valence-electron chi connectivity index (χ2n) is 15.2. The van der Waals surface area contributed by atoms with Crippen molar-refractivity contribution in [3.8, 4) is 22.9 Å². The largest absolute Gasteiger partial charge is 0.491 e. The van der Waals surface area contributed by atoms with Crippen molar-refractivity contribution in [2.45, 2.75) is 78.7 Å². The molecule has 1 atom stereocenters. The van der Waals surface area contributed by atoms with Crippen LogP contribution in [0.3, 0.4) is 0 Å². The van der Waals surface area contributed by atoms with E-state index in [9.17, 15) is 18.8 Å². The maximum absolute atomic E-state index is 14.6. The van der Waals surface area contributed by atoms with Gasteiger partial charge in [0, 0.05) is 42.5 Å². The van der Waals surface area contributed by atoms with Crippen LogP contribution >= 0.6 is 11.6 Å². The molecule has 0 radical (unpaired) electrons. The number of methoxy groups -OCH3 is 1. The van der Waals surface area contributed by atoms with Gasteiger partial charge in [0.1, 0.15) is 41.4 Å². The SMILES string of the molecule is COC(=O)c1ccc(C)c(-n2c(C)cc(OCc3ccc(F)cc3CNC(=O)Nc3cc(C(C)(C)C)nn3-c3cccc(OCCOC4CCCCO4)c3)c(Cl)c2=O)c1. The fraction of sp³-hybridized carbons (Fsp3) is 0.364. The number of halogens is 2. The Bertz CT molecular complexity index is 2370. The number of hydrogen-bond acceptors (Lipinski definition) is 9. The van der Waals surface area contributed by atoms with Crippen LogP contribution in [0.2, 0.25) is 5.02 Å². The molecule has 2 aromatic heterocycles. The first-order valence-corrected chi connectivity index (χ1v) is 19.7. The van der Waals surface area contributed by atoms with E-state index in [1.807, 2.05) is 58.0 Å². The van der Waals surface area contributed by atoms with Gasteiger partial charge in [0.05, 0.1) is 36.3 Å². The van der Waals surface area contributed by atoms with Crippen molar-refractivity contribution >= 4 is 29.4 Å². The minimum atomic E-state index is -0.550. The number of urea groups is 1. The summed E-state index contributed by atoms with van der Waals surface area (Å²) in [5.74, 6) is 0.0975. The third-order valence-electron chi connectivity index (χ3n) is 9.74. The number of pyridine rings is 1. The van der Waals surface area contributed by atoms with Gasteiger partial charge >= 0.3 is 12.0 Å². The van der Waals surface area contributed by atoms with Crippen LogP contribution in [0.25, 0.3) is 11.4 Å². The molecule has 3 aromatic carbocycles. The summed E-state index contributed by atoms with van der Waals surface area (Å²) in [6.07, 6.45) is 2.81. The molecular weight excluding hydrogens is 781 g/mol. The van der Waals surface area contributed by atoms with Gasteiger partial charge in [-0.1, -0.05) is 50.6 Å². The number of benzene rings is 3. The number of aryl methyl sites for hydroxylation is 2. The number of amides is 2. The average Bonchev–Trinajstić information content (AvgIpc) is 3.65. The number of rotatable bonds is 14. The van der Waals surface area contributed by atoms with Gasteiger partial charge in [-0.15, -0.1) is 0 Å². The summed E-state index contributed by atoms with van der Waals surface area (Å²) < 4.78 is 45.9. The number of carbonyl (C=O) groups excluding carboxylic acids is 2. The van der Waals surface area contributed by atoms with Crippen LogP contribution in [0.5, 0.6) is 11.5 Å². The van der Waals surface area contributed by atoms with Crippen LogP contribution < -0.4 is 25.7 Å². The Hall–Kier alpha value is -5.70. The van der Waals surface area contributed by atoms with Gasteiger partial charge in [0.15, 0.2) is 6.29 Å². The third-order valence-corrected chi connectivity index (χ3v) is 10.1. The van der Waals surface area contributed by atoms with E-state index in [1.54, 1.807) is 41.9 Å². The van der Waals surface area contributed by atoms with Gasteiger partial charge < -0.3 is 29.0 Å². The fourth-order valence-corrected chi connectivity index (χ4v) is 6.69. The van der Waals surface area contributed by atoms with Crippen LogP contribution in [0, 0.1) is 19.7 Å². The van der Waals surface area contributed by atoms with E-state index in [-0.39, 0.29) is 41.2 Å². The Morgan fingerprint density at radius 1 is 0.983 bits per heavy atom. The van der Waals surface area contributed by atoms with E-state index < -0.39 is 23.4 Å². The fourth-order valence-electron chi connectivity index (χ4n) is 6.49. The Morgan fingerprint density at radius 3 is 2.54 bits per heavy atom. The maximum Gasteiger partial charge on any atom is 0.337 e. The second kappa shape index (κ2) is 18.9. The molecule has 3 heterocycles. The lowest BCUT2D eigenvalue weighted by molar-refractivity contribution is -0.165. The van der Waals surface area contributed by atoms with Crippen molar-refractivity contribution in [2.24, 2.45) is 0 Å². The molecule has 0 bridgehead atoms. The first-order valence-electron chi connectivity index (χ1n) is 19.3. The summed E-state index contributed by atoms with van der Waals surface area (Å²) >= 11 is 6.57. The molecule has 15 heteroatoms. The van der Waals surface area contributed by atoms with Gasteiger partial charge in [-0.3, -0.25) is 14.7 Å². The van der Waals surface area contributed by atoms with Gasteiger partial charge in [-0.2, -0.15) is 5.10 Å². The number of aromatic nitrogens is 3. The van der Waals surface area contributed by atoms with Gasteiger partial charge in [0.25, 0.3) is 5.56 Å². The Morgan fingerprint density at radius 2 is 1.80 bits per heavy atom. The highest BCUT2D eigenvalue weighted by Crippen LogP contribution is 2.29. The molecule has 1 fully saturated rings. The van der Waals surface area contributed by atoms with Gasteiger partial charge in [-0.25, -0.2) is 18.7 Å². The topological polar surface area (TPSA) is 144 Å². The average molecular weight is 830 g/mol. The van der Waals surface area contributed by atoms with Gasteiger partial charge in [-0.05, 0) is 86.2 Å². The van der Waals surface area contributed by atoms with Crippen LogP contribution in [0.4, 0.5) is 15.0 Å². The van der Waals surface area contributed by atoms with Crippen LogP contribution in [-0.4, -0.2) is 59.6 Å². The molecule has 13 nitrogen and oxygen atoms in total. The van der Waals surface area contributed by atoms with Crippen molar-refractivity contribution in [3.05, 3.63) is 128 Å². The molecule has 5 aromatic rings. The summed E-state index contributed by atoms with van der Waals surface area (Å²) in [6.45, 7) is 10.9. The lowest BCUT2D eigenvalue weighted by Gasteiger charge is -2.22. The number of anilines is 1. The highest BCUT2D eigenvalue weighted by Gasteiger charge is 2.23. The number of nitrogens with one attached hydrogen (secondary N) is 2. The normalized spacial score (nSPS) is 14.1. The summed E-state index contributed by atoms with van der Waals surface area (Å²) in [5.41, 5.74) is 3.52. The first-order chi connectivity index (χ1) is 28.2. The molecule has 0 aliphatic carbocycles. The summed E-state index contributed by atoms with van der Waals surface area (Å²) in [5, 5.41) is 10.4. The smallest absolute Gasteiger partial charge is 0.337 e. The molecule has 312 valence electrons. The van der Waals surface area contributed by atoms with Crippen LogP contribution in [0.1, 0.15) is 78.5 Å². The maximum atomic E-state index is 14.6. The molecule has 1 aliphatic rings. The number of hydrogen-bond donors (Lipinski definition) is 2. The highest BCUT2D eigenvalue weighted by atomic mass is 35.5. The Kier molecular flexibility index (Phi) is 13.8. The number of nitrogens with zero attached hydrogens (tertiary/aromatic N) is 3. The lowest BCUT2D eigenvalue weighted by atomic mass is 9.92. The zero-order valence-corrected chi connectivity index (χ0v) is 34.8. The zero-order valence-electron chi connectivity index (χ0n) is 34.0. The molecular formula is C44H49ClFN5O8. The number of esters is 1. The number of carbonyl (C=O) groups is 2. The third kappa shape index (κ3) is 10.7. The lowest BCUT2D eigenvalue weighted by Crippen LogP contribution is -2.29. The van der Waals surface area contributed by atoms with E-state index in [0.29, 0.717) is 59.6 Å². The highest BCUT2D eigenvalue weighted by molar-refractivity contribution is 6.31. The molecule has 6 rings (SSSR count). The van der Waals surface area contributed by atoms with Gasteiger partial charge in [0.2, 0.25) is 0 Å². The molecule has 2 N–H and O–H groups in total. The molecule has 2 amide bonds. The molecule has 59 heavy (non-hydrogen) atoms. The predicted molar refractivity (Wildman–Crippen MR) is 222 cm³/mol. The van der Waals surface area contributed by atoms with Crippen LogP contribution in [0.15, 0.2) is 77.6 Å². The molecule has 1 unspecified atom stereocenters. The summed E-state index contributed by atoms with van der Waals surface area (Å²) in [6, 6.07) is 19.3. The van der Waals surface area contributed by atoms with E-state index in [4.69, 9.17) is 40.4 Å². The van der Waals surface area contributed by atoms with E-state index in [2.05, 4.69) is 10.6 Å².